The molecule has 1 atom stereocenters. The molecule has 112 valence electrons. The minimum absolute atomic E-state index is 0.0599. The van der Waals surface area contributed by atoms with Crippen LogP contribution in [0.5, 0.6) is 0 Å². The average Bonchev–Trinajstić information content (AvgIpc) is 2.98. The Bertz CT molecular complexity index is 611. The van der Waals surface area contributed by atoms with Crippen molar-refractivity contribution in [1.82, 2.24) is 5.32 Å². The van der Waals surface area contributed by atoms with Gasteiger partial charge in [-0.25, -0.2) is 0 Å². The smallest absolute Gasteiger partial charge is 0.386 e. The maximum absolute atomic E-state index is 12.6. The molecule has 2 rings (SSSR count). The monoisotopic (exact) mass is 315 g/mol. The van der Waals surface area contributed by atoms with Crippen LogP contribution in [0.15, 0.2) is 41.8 Å². The molecule has 0 spiro atoms. The molecule has 2 N–H and O–H groups in total. The number of hydrogen-bond donors (Lipinski definition) is 2. The SMILES string of the molecule is O=C(NC[C@H](O)c1cccs1)c1cccc(C(F)(F)F)c1. The Labute approximate surface area is 123 Å². The first-order valence-corrected chi connectivity index (χ1v) is 6.93. The summed E-state index contributed by atoms with van der Waals surface area (Å²) in [5.74, 6) is -0.656. The molecule has 0 fully saturated rings. The number of hydrogen-bond acceptors (Lipinski definition) is 3. The zero-order valence-electron chi connectivity index (χ0n) is 10.7. The second-order valence-electron chi connectivity index (χ2n) is 4.32. The largest absolute Gasteiger partial charge is 0.416 e. The van der Waals surface area contributed by atoms with Gasteiger partial charge >= 0.3 is 6.18 Å². The van der Waals surface area contributed by atoms with Crippen LogP contribution in [0.1, 0.15) is 26.9 Å². The van der Waals surface area contributed by atoms with Gasteiger partial charge in [0.2, 0.25) is 0 Å². The molecule has 1 aromatic carbocycles. The number of carbonyl (C=O) groups excluding carboxylic acids is 1. The van der Waals surface area contributed by atoms with Crippen LogP contribution in [0.2, 0.25) is 0 Å². The molecule has 0 radical (unpaired) electrons. The van der Waals surface area contributed by atoms with Gasteiger partial charge in [-0.2, -0.15) is 13.2 Å². The quantitative estimate of drug-likeness (QED) is 0.910. The van der Waals surface area contributed by atoms with Crippen LogP contribution in [-0.4, -0.2) is 17.6 Å². The van der Waals surface area contributed by atoms with Gasteiger partial charge in [-0.05, 0) is 29.6 Å². The second kappa shape index (κ2) is 6.28. The maximum Gasteiger partial charge on any atom is 0.416 e. The summed E-state index contributed by atoms with van der Waals surface area (Å²) in [5, 5.41) is 14.0. The summed E-state index contributed by atoms with van der Waals surface area (Å²) in [4.78, 5) is 12.5. The van der Waals surface area contributed by atoms with Crippen molar-refractivity contribution in [3.05, 3.63) is 57.8 Å². The molecule has 0 aliphatic rings. The fraction of sp³-hybridized carbons (Fsp3) is 0.214. The van der Waals surface area contributed by atoms with Gasteiger partial charge < -0.3 is 10.4 Å². The number of thiophene rings is 1. The van der Waals surface area contributed by atoms with E-state index in [2.05, 4.69) is 5.32 Å². The van der Waals surface area contributed by atoms with Crippen molar-refractivity contribution in [1.29, 1.82) is 0 Å². The van der Waals surface area contributed by atoms with E-state index in [1.165, 1.54) is 23.5 Å². The van der Waals surface area contributed by atoms with Gasteiger partial charge in [0.05, 0.1) is 5.56 Å². The van der Waals surface area contributed by atoms with Crippen LogP contribution in [0.25, 0.3) is 0 Å². The average molecular weight is 315 g/mol. The predicted molar refractivity (Wildman–Crippen MR) is 73.1 cm³/mol. The highest BCUT2D eigenvalue weighted by Crippen LogP contribution is 2.29. The molecule has 0 aliphatic heterocycles. The Kier molecular flexibility index (Phi) is 4.64. The minimum Gasteiger partial charge on any atom is -0.386 e. The number of aliphatic hydroxyl groups is 1. The Hall–Kier alpha value is -1.86. The number of rotatable bonds is 4. The van der Waals surface area contributed by atoms with Crippen LogP contribution >= 0.6 is 11.3 Å². The van der Waals surface area contributed by atoms with E-state index in [1.54, 1.807) is 17.5 Å². The summed E-state index contributed by atoms with van der Waals surface area (Å²) < 4.78 is 37.7. The summed E-state index contributed by atoms with van der Waals surface area (Å²) in [6, 6.07) is 7.63. The van der Waals surface area contributed by atoms with Crippen molar-refractivity contribution in [2.45, 2.75) is 12.3 Å². The van der Waals surface area contributed by atoms with Crippen LogP contribution in [0.4, 0.5) is 13.2 Å². The Balaban J connectivity index is 2.01. The molecule has 0 aliphatic carbocycles. The zero-order chi connectivity index (χ0) is 15.5. The van der Waals surface area contributed by atoms with Gasteiger partial charge in [0.15, 0.2) is 0 Å². The first-order chi connectivity index (χ1) is 9.88. The summed E-state index contributed by atoms with van der Waals surface area (Å²) in [5.41, 5.74) is -0.975. The molecule has 3 nitrogen and oxygen atoms in total. The molecule has 0 bridgehead atoms. The van der Waals surface area contributed by atoms with E-state index in [-0.39, 0.29) is 12.1 Å². The highest BCUT2D eigenvalue weighted by Gasteiger charge is 2.30. The van der Waals surface area contributed by atoms with Gasteiger partial charge in [-0.3, -0.25) is 4.79 Å². The van der Waals surface area contributed by atoms with Gasteiger partial charge in [0.25, 0.3) is 5.91 Å². The molecular weight excluding hydrogens is 303 g/mol. The Morgan fingerprint density at radius 1 is 1.29 bits per heavy atom. The molecule has 0 unspecified atom stereocenters. The lowest BCUT2D eigenvalue weighted by Gasteiger charge is -2.11. The van der Waals surface area contributed by atoms with Crippen molar-refractivity contribution in [2.75, 3.05) is 6.54 Å². The van der Waals surface area contributed by atoms with E-state index >= 15 is 0 Å². The first-order valence-electron chi connectivity index (χ1n) is 6.05. The summed E-state index contributed by atoms with van der Waals surface area (Å²) in [6.07, 6.45) is -5.37. The third-order valence-electron chi connectivity index (χ3n) is 2.78. The van der Waals surface area contributed by atoms with Crippen molar-refractivity contribution in [3.63, 3.8) is 0 Å². The molecule has 1 heterocycles. The molecular formula is C14H12F3NO2S. The summed E-state index contributed by atoms with van der Waals surface area (Å²) >= 11 is 1.33. The van der Waals surface area contributed by atoms with E-state index in [4.69, 9.17) is 0 Å². The second-order valence-corrected chi connectivity index (χ2v) is 5.30. The lowest BCUT2D eigenvalue weighted by atomic mass is 10.1. The predicted octanol–water partition coefficient (Wildman–Crippen LogP) is 3.23. The van der Waals surface area contributed by atoms with Crippen molar-refractivity contribution in [3.8, 4) is 0 Å². The first kappa shape index (κ1) is 15.5. The van der Waals surface area contributed by atoms with E-state index in [0.717, 1.165) is 12.1 Å². The number of aliphatic hydroxyl groups excluding tert-OH is 1. The van der Waals surface area contributed by atoms with Crippen molar-refractivity contribution < 1.29 is 23.1 Å². The lowest BCUT2D eigenvalue weighted by Crippen LogP contribution is -2.28. The van der Waals surface area contributed by atoms with Gasteiger partial charge in [-0.1, -0.05) is 12.1 Å². The normalized spacial score (nSPS) is 13.0. The third-order valence-corrected chi connectivity index (χ3v) is 3.75. The van der Waals surface area contributed by atoms with E-state index in [9.17, 15) is 23.1 Å². The summed E-state index contributed by atoms with van der Waals surface area (Å²) in [6.45, 7) is -0.0599. The van der Waals surface area contributed by atoms with Crippen LogP contribution < -0.4 is 5.32 Å². The summed E-state index contributed by atoms with van der Waals surface area (Å²) in [7, 11) is 0. The van der Waals surface area contributed by atoms with Gasteiger partial charge in [-0.15, -0.1) is 11.3 Å². The topological polar surface area (TPSA) is 49.3 Å². The number of benzene rings is 1. The van der Waals surface area contributed by atoms with Crippen LogP contribution in [-0.2, 0) is 6.18 Å². The Morgan fingerprint density at radius 2 is 2.05 bits per heavy atom. The van der Waals surface area contributed by atoms with Gasteiger partial charge in [0, 0.05) is 17.0 Å². The number of amides is 1. The van der Waals surface area contributed by atoms with Crippen LogP contribution in [0, 0.1) is 0 Å². The fourth-order valence-corrected chi connectivity index (χ4v) is 2.42. The molecule has 21 heavy (non-hydrogen) atoms. The van der Waals surface area contributed by atoms with Gasteiger partial charge in [0.1, 0.15) is 6.10 Å². The zero-order valence-corrected chi connectivity index (χ0v) is 11.5. The van der Waals surface area contributed by atoms with Crippen molar-refractivity contribution >= 4 is 17.2 Å². The van der Waals surface area contributed by atoms with E-state index in [0.29, 0.717) is 4.88 Å². The third kappa shape index (κ3) is 4.05. The molecule has 0 saturated carbocycles. The number of halogens is 3. The molecule has 2 aromatic rings. The molecule has 7 heteroatoms. The lowest BCUT2D eigenvalue weighted by molar-refractivity contribution is -0.137. The van der Waals surface area contributed by atoms with Crippen LogP contribution in [0.3, 0.4) is 0 Å². The highest BCUT2D eigenvalue weighted by atomic mass is 32.1. The van der Waals surface area contributed by atoms with E-state index < -0.39 is 23.8 Å². The molecule has 0 saturated heterocycles. The molecule has 1 amide bonds. The standard InChI is InChI=1S/C14H12F3NO2S/c15-14(16,17)10-4-1-3-9(7-10)13(20)18-8-11(19)12-5-2-6-21-12/h1-7,11,19H,8H2,(H,18,20)/t11-/m0/s1. The van der Waals surface area contributed by atoms with E-state index in [1.807, 2.05) is 0 Å². The number of alkyl halides is 3. The van der Waals surface area contributed by atoms with Crippen molar-refractivity contribution in [2.24, 2.45) is 0 Å². The number of carbonyl (C=O) groups is 1. The highest BCUT2D eigenvalue weighted by molar-refractivity contribution is 7.10. The minimum atomic E-state index is -4.49. The maximum atomic E-state index is 12.6. The fourth-order valence-electron chi connectivity index (χ4n) is 1.71. The number of nitrogens with one attached hydrogen (secondary N) is 1. The molecule has 1 aromatic heterocycles. The Morgan fingerprint density at radius 3 is 2.67 bits per heavy atom.